The molecule has 3 aliphatic carbocycles. The Morgan fingerprint density at radius 2 is 1.68 bits per heavy atom. The zero-order valence-corrected chi connectivity index (χ0v) is 15.3. The first-order chi connectivity index (χ1) is 13.4. The topological polar surface area (TPSA) is 118 Å². The van der Waals surface area contributed by atoms with Gasteiger partial charge in [0.15, 0.2) is 11.6 Å². The molecule has 8 nitrogen and oxygen atoms in total. The van der Waals surface area contributed by atoms with Crippen molar-refractivity contribution >= 4 is 11.6 Å². The molecule has 1 spiro atoms. The number of aliphatic hydroxyl groups is 2. The van der Waals surface area contributed by atoms with Gasteiger partial charge in [0.1, 0.15) is 36.6 Å². The molecule has 2 bridgehead atoms. The standard InChI is InChI=1S/C20H20O8/c1-4-7-8-9(13(23)16-15(27-16)12(8)22)19(26-4)20-6(3-25-5(2)10(7)20)11(21)14-17(28-14)18(20)24/h3-5,7,10-11,13-17,19,21,23H,1-2H3/t4-,5+,7-,10-,11+,13+,14?,15+,16?,17-,19+,20-/m1/s1. The number of hydrogen-bond acceptors (Lipinski definition) is 8. The van der Waals surface area contributed by atoms with Crippen molar-refractivity contribution in [1.29, 1.82) is 0 Å². The summed E-state index contributed by atoms with van der Waals surface area (Å²) in [4.78, 5) is 26.7. The number of rotatable bonds is 0. The van der Waals surface area contributed by atoms with Crippen LogP contribution >= 0.6 is 0 Å². The molecule has 0 aromatic carbocycles. The molecule has 0 aromatic rings. The van der Waals surface area contributed by atoms with E-state index < -0.39 is 54.1 Å². The highest BCUT2D eigenvalue weighted by Crippen LogP contribution is 2.67. The summed E-state index contributed by atoms with van der Waals surface area (Å²) < 4.78 is 23.1. The molecule has 0 aromatic heterocycles. The second kappa shape index (κ2) is 4.60. The Balaban J connectivity index is 1.52. The number of ketones is 2. The van der Waals surface area contributed by atoms with Gasteiger partial charge in [0, 0.05) is 23.0 Å². The lowest BCUT2D eigenvalue weighted by molar-refractivity contribution is -0.210. The fourth-order valence-corrected chi connectivity index (χ4v) is 6.86. The molecule has 2 unspecified atom stereocenters. The largest absolute Gasteiger partial charge is 0.498 e. The van der Waals surface area contributed by atoms with Crippen molar-refractivity contribution in [3.63, 3.8) is 0 Å². The van der Waals surface area contributed by atoms with Gasteiger partial charge in [-0.2, -0.15) is 0 Å². The first kappa shape index (κ1) is 16.2. The van der Waals surface area contributed by atoms with Crippen LogP contribution in [0.25, 0.3) is 0 Å². The van der Waals surface area contributed by atoms with Crippen molar-refractivity contribution in [3.05, 3.63) is 23.0 Å². The molecule has 0 amide bonds. The maximum absolute atomic E-state index is 13.7. The lowest BCUT2D eigenvalue weighted by Gasteiger charge is -2.63. The molecule has 28 heavy (non-hydrogen) atoms. The SMILES string of the molecule is C[C@@H]1OC=C2[C@H](O)C3O[C@H]3C(=O)[C@]23[C@H]1[C@H]1C2=C([C@H](O)C4O[C@H]4C2=O)[C@@H]3O[C@@H]1C. The van der Waals surface area contributed by atoms with Crippen molar-refractivity contribution in [2.45, 2.75) is 68.8 Å². The van der Waals surface area contributed by atoms with Crippen LogP contribution in [-0.2, 0) is 28.5 Å². The summed E-state index contributed by atoms with van der Waals surface area (Å²) in [5.74, 6) is -1.05. The minimum Gasteiger partial charge on any atom is -0.498 e. The molecule has 5 aliphatic heterocycles. The molecule has 8 aliphatic rings. The van der Waals surface area contributed by atoms with E-state index in [9.17, 15) is 19.8 Å². The van der Waals surface area contributed by atoms with E-state index in [2.05, 4.69) is 0 Å². The van der Waals surface area contributed by atoms with E-state index in [4.69, 9.17) is 18.9 Å². The molecule has 2 N–H and O–H groups in total. The number of epoxide rings is 2. The second-order valence-electron chi connectivity index (χ2n) is 9.09. The first-order valence-corrected chi connectivity index (χ1v) is 9.90. The average molecular weight is 388 g/mol. The Morgan fingerprint density at radius 3 is 2.46 bits per heavy atom. The number of fused-ring (bicyclic) bond motifs is 3. The van der Waals surface area contributed by atoms with Crippen LogP contribution in [0.3, 0.4) is 0 Å². The van der Waals surface area contributed by atoms with Gasteiger partial charge in [0.25, 0.3) is 0 Å². The summed E-state index contributed by atoms with van der Waals surface area (Å²) in [7, 11) is 0. The molecule has 0 radical (unpaired) electrons. The monoisotopic (exact) mass is 388 g/mol. The van der Waals surface area contributed by atoms with Gasteiger partial charge < -0.3 is 29.2 Å². The van der Waals surface area contributed by atoms with Gasteiger partial charge in [-0.1, -0.05) is 0 Å². The normalized spacial score (nSPS) is 60.0. The third-order valence-electron chi connectivity index (χ3n) is 8.00. The zero-order valence-electron chi connectivity index (χ0n) is 15.3. The van der Waals surface area contributed by atoms with E-state index in [1.54, 1.807) is 0 Å². The van der Waals surface area contributed by atoms with Crippen molar-refractivity contribution in [3.8, 4) is 0 Å². The van der Waals surface area contributed by atoms with Crippen LogP contribution in [0.2, 0.25) is 0 Å². The molecule has 12 atom stereocenters. The Labute approximate surface area is 160 Å². The summed E-state index contributed by atoms with van der Waals surface area (Å²) in [6, 6.07) is 0. The minimum atomic E-state index is -1.19. The van der Waals surface area contributed by atoms with Gasteiger partial charge in [-0.3, -0.25) is 9.59 Å². The van der Waals surface area contributed by atoms with Gasteiger partial charge >= 0.3 is 0 Å². The minimum absolute atomic E-state index is 0.113. The summed E-state index contributed by atoms with van der Waals surface area (Å²) in [6.07, 6.45) is -4.40. The fourth-order valence-electron chi connectivity index (χ4n) is 6.86. The maximum atomic E-state index is 13.7. The summed E-state index contributed by atoms with van der Waals surface area (Å²) in [5, 5.41) is 21.8. The molecular weight excluding hydrogens is 368 g/mol. The number of Topliss-reactive ketones (excluding diaryl/α,β-unsaturated/α-hetero) is 2. The quantitative estimate of drug-likeness (QED) is 0.509. The van der Waals surface area contributed by atoms with Crippen molar-refractivity contribution in [2.75, 3.05) is 0 Å². The molecule has 1 saturated carbocycles. The van der Waals surface area contributed by atoms with E-state index >= 15 is 0 Å². The van der Waals surface area contributed by atoms with Crippen LogP contribution in [-0.4, -0.2) is 76.7 Å². The highest BCUT2D eigenvalue weighted by Gasteiger charge is 2.78. The molecule has 3 saturated heterocycles. The Bertz CT molecular complexity index is 921. The maximum Gasteiger partial charge on any atom is 0.190 e. The third-order valence-corrected chi connectivity index (χ3v) is 8.00. The predicted octanol–water partition coefficient (Wildman–Crippen LogP) is -0.973. The van der Waals surface area contributed by atoms with E-state index in [1.807, 2.05) is 13.8 Å². The second-order valence-corrected chi connectivity index (χ2v) is 9.09. The number of hydrogen-bond donors (Lipinski definition) is 2. The Hall–Kier alpha value is -1.58. The van der Waals surface area contributed by atoms with Crippen molar-refractivity contribution in [2.24, 2.45) is 17.3 Å². The zero-order chi connectivity index (χ0) is 19.3. The molecule has 8 rings (SSSR count). The van der Waals surface area contributed by atoms with E-state index in [0.29, 0.717) is 16.7 Å². The smallest absolute Gasteiger partial charge is 0.190 e. The van der Waals surface area contributed by atoms with E-state index in [1.165, 1.54) is 6.26 Å². The van der Waals surface area contributed by atoms with Gasteiger partial charge in [-0.15, -0.1) is 0 Å². The molecule has 5 heterocycles. The fraction of sp³-hybridized carbons (Fsp3) is 0.700. The van der Waals surface area contributed by atoms with Crippen LogP contribution < -0.4 is 0 Å². The number of carbonyl (C=O) groups is 2. The van der Waals surface area contributed by atoms with Crippen molar-refractivity contribution < 1.29 is 38.7 Å². The average Bonchev–Trinajstić information content (AvgIpc) is 3.57. The summed E-state index contributed by atoms with van der Waals surface area (Å²) in [6.45, 7) is 3.77. The number of aliphatic hydroxyl groups excluding tert-OH is 2. The van der Waals surface area contributed by atoms with Crippen molar-refractivity contribution in [1.82, 2.24) is 0 Å². The van der Waals surface area contributed by atoms with Gasteiger partial charge in [0.2, 0.25) is 0 Å². The lowest BCUT2D eigenvalue weighted by atomic mass is 9.45. The van der Waals surface area contributed by atoms with Gasteiger partial charge in [-0.05, 0) is 19.4 Å². The van der Waals surface area contributed by atoms with Crippen LogP contribution in [0.4, 0.5) is 0 Å². The molecule has 4 fully saturated rings. The predicted molar refractivity (Wildman–Crippen MR) is 88.8 cm³/mol. The molecule has 148 valence electrons. The molecular formula is C20H20O8. The summed E-state index contributed by atoms with van der Waals surface area (Å²) in [5.41, 5.74) is 0.269. The third kappa shape index (κ3) is 1.47. The molecule has 8 heteroatoms. The number of ether oxygens (including phenoxy) is 4. The van der Waals surface area contributed by atoms with Crippen LogP contribution in [0, 0.1) is 17.3 Å². The highest BCUT2D eigenvalue weighted by atomic mass is 16.6. The van der Waals surface area contributed by atoms with Gasteiger partial charge in [-0.25, -0.2) is 0 Å². The Kier molecular flexibility index (Phi) is 2.67. The number of carbonyl (C=O) groups excluding carboxylic acids is 2. The lowest BCUT2D eigenvalue weighted by Crippen LogP contribution is -2.72. The summed E-state index contributed by atoms with van der Waals surface area (Å²) >= 11 is 0. The first-order valence-electron chi connectivity index (χ1n) is 9.90. The van der Waals surface area contributed by atoms with Crippen LogP contribution in [0.5, 0.6) is 0 Å². The Morgan fingerprint density at radius 1 is 0.964 bits per heavy atom. The van der Waals surface area contributed by atoms with E-state index in [0.717, 1.165) is 0 Å². The van der Waals surface area contributed by atoms with Crippen LogP contribution in [0.15, 0.2) is 23.0 Å². The van der Waals surface area contributed by atoms with E-state index in [-0.39, 0.29) is 29.7 Å². The van der Waals surface area contributed by atoms with Gasteiger partial charge in [0.05, 0.1) is 30.0 Å². The van der Waals surface area contributed by atoms with Crippen LogP contribution in [0.1, 0.15) is 13.8 Å². The highest BCUT2D eigenvalue weighted by molar-refractivity contribution is 6.06.